The molecular formula is C24H54GaN3. The Hall–Kier alpha value is 0.516. The van der Waals surface area contributed by atoms with Gasteiger partial charge >= 0.3 is 186 Å². The normalized spacial score (nSPS) is 15.8. The molecule has 0 fully saturated rings. The third-order valence-corrected chi connectivity index (χ3v) is 17.7. The van der Waals surface area contributed by atoms with Crippen LogP contribution in [0.3, 0.4) is 0 Å². The van der Waals surface area contributed by atoms with E-state index in [9.17, 15) is 0 Å². The Morgan fingerprint density at radius 2 is 0.393 bits per heavy atom. The van der Waals surface area contributed by atoms with E-state index in [0.717, 1.165) is 0 Å². The minimum atomic E-state index is -2.52. The molecule has 0 N–H and O–H groups in total. The first-order valence-corrected chi connectivity index (χ1v) is 14.4. The van der Waals surface area contributed by atoms with Crippen molar-refractivity contribution >= 4 is 16.9 Å². The van der Waals surface area contributed by atoms with Gasteiger partial charge in [-0.3, -0.25) is 0 Å². The number of hydrogen-bond acceptors (Lipinski definition) is 3. The van der Waals surface area contributed by atoms with Crippen LogP contribution in [0.2, 0.25) is 0 Å². The number of hydrogen-bond donors (Lipinski definition) is 0. The predicted molar refractivity (Wildman–Crippen MR) is 130 cm³/mol. The molecule has 0 heterocycles. The Morgan fingerprint density at radius 3 is 0.464 bits per heavy atom. The van der Waals surface area contributed by atoms with Gasteiger partial charge in [0.15, 0.2) is 0 Å². The maximum absolute atomic E-state index is 2.92. The Bertz CT molecular complexity index is 381. The zero-order chi connectivity index (χ0) is 23.3. The molecule has 0 unspecified atom stereocenters. The van der Waals surface area contributed by atoms with Gasteiger partial charge in [0.25, 0.3) is 0 Å². The standard InChI is InChI=1S/3C8H18N.Ga/c3*1-7(2,3)9-8(4,5)6;/h3*1-6H3;/q3*-1;+3. The van der Waals surface area contributed by atoms with Crippen molar-refractivity contribution < 1.29 is 0 Å². The third-order valence-electron chi connectivity index (χ3n) is 5.03. The SMILES string of the molecule is CC(C)(C)[N]([Ga]([N](C(C)(C)C)C(C)(C)C)[N](C(C)(C)C)C(C)(C)C)C(C)(C)C. The van der Waals surface area contributed by atoms with Crippen molar-refractivity contribution in [1.29, 1.82) is 0 Å². The molecule has 0 amide bonds. The average Bonchev–Trinajstić information content (AvgIpc) is 2.13. The van der Waals surface area contributed by atoms with Crippen LogP contribution in [0.25, 0.3) is 0 Å². The first kappa shape index (κ1) is 28.5. The van der Waals surface area contributed by atoms with Crippen molar-refractivity contribution in [2.24, 2.45) is 0 Å². The fourth-order valence-electron chi connectivity index (χ4n) is 5.44. The van der Waals surface area contributed by atoms with Gasteiger partial charge in [-0.2, -0.15) is 0 Å². The van der Waals surface area contributed by atoms with Crippen molar-refractivity contribution in [2.45, 2.75) is 158 Å². The van der Waals surface area contributed by atoms with E-state index in [0.29, 0.717) is 0 Å². The van der Waals surface area contributed by atoms with Crippen LogP contribution >= 0.6 is 0 Å². The summed E-state index contributed by atoms with van der Waals surface area (Å²) < 4.78 is 8.75. The fourth-order valence-corrected chi connectivity index (χ4v) is 15.6. The summed E-state index contributed by atoms with van der Waals surface area (Å²) in [6.07, 6.45) is 0. The molecule has 0 bridgehead atoms. The summed E-state index contributed by atoms with van der Waals surface area (Å²) in [6, 6.07) is 0. The third kappa shape index (κ3) is 7.33. The molecule has 0 aromatic carbocycles. The van der Waals surface area contributed by atoms with Crippen LogP contribution in [0, 0.1) is 0 Å². The van der Waals surface area contributed by atoms with E-state index in [1.807, 2.05) is 0 Å². The number of rotatable bonds is 3. The van der Waals surface area contributed by atoms with Gasteiger partial charge in [0.1, 0.15) is 0 Å². The van der Waals surface area contributed by atoms with Crippen LogP contribution in [0.4, 0.5) is 0 Å². The van der Waals surface area contributed by atoms with E-state index in [1.165, 1.54) is 0 Å². The van der Waals surface area contributed by atoms with Crippen LogP contribution in [0.5, 0.6) is 0 Å². The molecule has 168 valence electrons. The zero-order valence-corrected chi connectivity index (χ0v) is 25.3. The quantitative estimate of drug-likeness (QED) is 0.441. The van der Waals surface area contributed by atoms with Crippen LogP contribution in [0.1, 0.15) is 125 Å². The molecule has 0 aromatic heterocycles. The Labute approximate surface area is 185 Å². The first-order chi connectivity index (χ1) is 11.7. The molecule has 0 aromatic rings. The molecular weight excluding hydrogens is 400 g/mol. The minimum absolute atomic E-state index is 0.0897. The summed E-state index contributed by atoms with van der Waals surface area (Å²) in [5.41, 5.74) is 0.538. The Balaban J connectivity index is 7.30. The van der Waals surface area contributed by atoms with E-state index < -0.39 is 16.9 Å². The Kier molecular flexibility index (Phi) is 8.37. The summed E-state index contributed by atoms with van der Waals surface area (Å²) in [7, 11) is 0. The second-order valence-corrected chi connectivity index (χ2v) is 19.2. The van der Waals surface area contributed by atoms with Crippen molar-refractivity contribution in [2.75, 3.05) is 0 Å². The molecule has 0 aliphatic heterocycles. The van der Waals surface area contributed by atoms with E-state index in [4.69, 9.17) is 0 Å². The molecule has 28 heavy (non-hydrogen) atoms. The van der Waals surface area contributed by atoms with Gasteiger partial charge in [-0.25, -0.2) is 0 Å². The number of nitrogens with zero attached hydrogens (tertiary/aromatic N) is 3. The van der Waals surface area contributed by atoms with Crippen LogP contribution in [-0.4, -0.2) is 61.0 Å². The molecule has 0 saturated carbocycles. The van der Waals surface area contributed by atoms with Crippen molar-refractivity contribution in [1.82, 2.24) is 10.8 Å². The van der Waals surface area contributed by atoms with Crippen LogP contribution < -0.4 is 0 Å². The monoisotopic (exact) mass is 453 g/mol. The summed E-state index contributed by atoms with van der Waals surface area (Å²) in [5, 5.41) is 0. The second kappa shape index (κ2) is 8.22. The van der Waals surface area contributed by atoms with E-state index in [2.05, 4.69) is 135 Å². The fraction of sp³-hybridized carbons (Fsp3) is 1.00. The van der Waals surface area contributed by atoms with E-state index in [-0.39, 0.29) is 33.2 Å². The molecule has 4 heteroatoms. The zero-order valence-electron chi connectivity index (χ0n) is 22.9. The summed E-state index contributed by atoms with van der Waals surface area (Å²) in [4.78, 5) is 0. The predicted octanol–water partition coefficient (Wildman–Crippen LogP) is 6.67. The van der Waals surface area contributed by atoms with Gasteiger partial charge in [0.2, 0.25) is 0 Å². The summed E-state index contributed by atoms with van der Waals surface area (Å²) in [5.74, 6) is 0. The van der Waals surface area contributed by atoms with Gasteiger partial charge in [0, 0.05) is 0 Å². The average molecular weight is 454 g/mol. The van der Waals surface area contributed by atoms with Gasteiger partial charge in [-0.1, -0.05) is 0 Å². The molecule has 0 aliphatic rings. The second-order valence-electron chi connectivity index (χ2n) is 14.5. The summed E-state index contributed by atoms with van der Waals surface area (Å²) >= 11 is -2.52. The van der Waals surface area contributed by atoms with Gasteiger partial charge in [-0.05, 0) is 0 Å². The van der Waals surface area contributed by atoms with Crippen molar-refractivity contribution in [3.05, 3.63) is 0 Å². The first-order valence-electron chi connectivity index (χ1n) is 11.1. The molecule has 3 nitrogen and oxygen atoms in total. The molecule has 0 rings (SSSR count). The van der Waals surface area contributed by atoms with Gasteiger partial charge < -0.3 is 0 Å². The van der Waals surface area contributed by atoms with Crippen molar-refractivity contribution in [3.63, 3.8) is 0 Å². The molecule has 0 aliphatic carbocycles. The van der Waals surface area contributed by atoms with E-state index >= 15 is 0 Å². The van der Waals surface area contributed by atoms with E-state index in [1.54, 1.807) is 0 Å². The van der Waals surface area contributed by atoms with Crippen molar-refractivity contribution in [3.8, 4) is 0 Å². The van der Waals surface area contributed by atoms with Gasteiger partial charge in [0.05, 0.1) is 0 Å². The molecule has 0 radical (unpaired) electrons. The molecule has 0 spiro atoms. The Morgan fingerprint density at radius 1 is 0.286 bits per heavy atom. The molecule has 0 atom stereocenters. The van der Waals surface area contributed by atoms with Crippen LogP contribution in [-0.2, 0) is 0 Å². The topological polar surface area (TPSA) is 9.72 Å². The molecule has 0 saturated heterocycles. The van der Waals surface area contributed by atoms with Crippen LogP contribution in [0.15, 0.2) is 0 Å². The van der Waals surface area contributed by atoms with Gasteiger partial charge in [-0.15, -0.1) is 0 Å². The summed E-state index contributed by atoms with van der Waals surface area (Å²) in [6.45, 7) is 43.3. The maximum atomic E-state index is 2.92.